The maximum atomic E-state index is 12.3. The van der Waals surface area contributed by atoms with E-state index in [-0.39, 0.29) is 11.8 Å². The summed E-state index contributed by atoms with van der Waals surface area (Å²) in [5.74, 6) is 0.977. The lowest BCUT2D eigenvalue weighted by Gasteiger charge is -2.18. The van der Waals surface area contributed by atoms with Gasteiger partial charge < -0.3 is 10.1 Å². The predicted octanol–water partition coefficient (Wildman–Crippen LogP) is 3.19. The van der Waals surface area contributed by atoms with Crippen LogP contribution in [0, 0.1) is 0 Å². The first-order valence-electron chi connectivity index (χ1n) is 7.24. The number of rotatable bonds is 6. The van der Waals surface area contributed by atoms with E-state index in [2.05, 4.69) is 5.32 Å². The summed E-state index contributed by atoms with van der Waals surface area (Å²) in [6.45, 7) is 4.55. The molecule has 104 valence electrons. The fourth-order valence-corrected chi connectivity index (χ4v) is 2.65. The first-order valence-corrected chi connectivity index (χ1v) is 7.24. The minimum absolute atomic E-state index is 0.110. The average Bonchev–Trinajstić information content (AvgIpc) is 2.92. The van der Waals surface area contributed by atoms with Crippen molar-refractivity contribution in [3.63, 3.8) is 0 Å². The van der Waals surface area contributed by atoms with Crippen molar-refractivity contribution >= 4 is 5.78 Å². The monoisotopic (exact) mass is 261 g/mol. The standard InChI is InChI=1S/C16H23NO2/c1-3-19-15-10-8-13(9-11-15)16(18)12(2)17-14-6-4-5-7-14/h8-12,14,17H,3-7H2,1-2H3. The number of Topliss-reactive ketones (excluding diaryl/α,β-unsaturated/α-hetero) is 1. The molecule has 1 aliphatic rings. The summed E-state index contributed by atoms with van der Waals surface area (Å²) in [6, 6.07) is 7.82. The van der Waals surface area contributed by atoms with Gasteiger partial charge in [0.05, 0.1) is 12.6 Å². The van der Waals surface area contributed by atoms with Crippen LogP contribution in [0.25, 0.3) is 0 Å². The molecule has 0 spiro atoms. The molecule has 1 aromatic rings. The van der Waals surface area contributed by atoms with Gasteiger partial charge in [0.2, 0.25) is 0 Å². The van der Waals surface area contributed by atoms with Gasteiger partial charge in [-0.15, -0.1) is 0 Å². The van der Waals surface area contributed by atoms with E-state index in [1.165, 1.54) is 25.7 Å². The van der Waals surface area contributed by atoms with Gasteiger partial charge in [0.15, 0.2) is 5.78 Å². The van der Waals surface area contributed by atoms with Crippen molar-refractivity contribution in [2.24, 2.45) is 0 Å². The van der Waals surface area contributed by atoms with Crippen LogP contribution in [0.4, 0.5) is 0 Å². The molecule has 1 N–H and O–H groups in total. The minimum atomic E-state index is -0.110. The SMILES string of the molecule is CCOc1ccc(C(=O)C(C)NC2CCCC2)cc1. The van der Waals surface area contributed by atoms with Crippen LogP contribution < -0.4 is 10.1 Å². The van der Waals surface area contributed by atoms with Gasteiger partial charge in [-0.2, -0.15) is 0 Å². The Morgan fingerprint density at radius 2 is 1.95 bits per heavy atom. The van der Waals surface area contributed by atoms with Crippen LogP contribution in [0.5, 0.6) is 5.75 Å². The van der Waals surface area contributed by atoms with E-state index in [1.807, 2.05) is 38.1 Å². The Morgan fingerprint density at radius 3 is 2.53 bits per heavy atom. The quantitative estimate of drug-likeness (QED) is 0.799. The molecule has 1 fully saturated rings. The van der Waals surface area contributed by atoms with Crippen molar-refractivity contribution in [3.05, 3.63) is 29.8 Å². The molecule has 19 heavy (non-hydrogen) atoms. The van der Waals surface area contributed by atoms with Crippen LogP contribution in [0.3, 0.4) is 0 Å². The second kappa shape index (κ2) is 6.71. The van der Waals surface area contributed by atoms with Crippen molar-refractivity contribution < 1.29 is 9.53 Å². The normalized spacial score (nSPS) is 17.4. The molecule has 0 radical (unpaired) electrons. The fourth-order valence-electron chi connectivity index (χ4n) is 2.65. The van der Waals surface area contributed by atoms with Crippen LogP contribution in [-0.4, -0.2) is 24.5 Å². The number of nitrogens with one attached hydrogen (secondary N) is 1. The summed E-state index contributed by atoms with van der Waals surface area (Å²) >= 11 is 0. The molecule has 1 aromatic carbocycles. The zero-order valence-corrected chi connectivity index (χ0v) is 11.8. The van der Waals surface area contributed by atoms with E-state index in [0.29, 0.717) is 12.6 Å². The van der Waals surface area contributed by atoms with Crippen molar-refractivity contribution in [2.45, 2.75) is 51.6 Å². The summed E-state index contributed by atoms with van der Waals surface area (Å²) in [4.78, 5) is 12.3. The van der Waals surface area contributed by atoms with Crippen molar-refractivity contribution in [1.82, 2.24) is 5.32 Å². The third-order valence-corrected chi connectivity index (χ3v) is 3.68. The molecule has 0 bridgehead atoms. The van der Waals surface area contributed by atoms with Crippen molar-refractivity contribution in [2.75, 3.05) is 6.61 Å². The first kappa shape index (κ1) is 14.1. The Balaban J connectivity index is 1.93. The van der Waals surface area contributed by atoms with Gasteiger partial charge in [0.1, 0.15) is 5.75 Å². The molecule has 2 rings (SSSR count). The van der Waals surface area contributed by atoms with Crippen LogP contribution in [0.1, 0.15) is 49.9 Å². The average molecular weight is 261 g/mol. The number of benzene rings is 1. The molecule has 0 aliphatic heterocycles. The van der Waals surface area contributed by atoms with E-state index in [9.17, 15) is 4.79 Å². The summed E-state index contributed by atoms with van der Waals surface area (Å²) < 4.78 is 5.38. The highest BCUT2D eigenvalue weighted by atomic mass is 16.5. The highest BCUT2D eigenvalue weighted by Gasteiger charge is 2.21. The molecular formula is C16H23NO2. The molecule has 0 saturated heterocycles. The Kier molecular flexibility index (Phi) is 4.97. The Labute approximate surface area is 115 Å². The van der Waals surface area contributed by atoms with Crippen molar-refractivity contribution in [1.29, 1.82) is 0 Å². The van der Waals surface area contributed by atoms with E-state index in [4.69, 9.17) is 4.74 Å². The largest absolute Gasteiger partial charge is 0.494 e. The number of ether oxygens (including phenoxy) is 1. The van der Waals surface area contributed by atoms with Gasteiger partial charge in [-0.25, -0.2) is 0 Å². The third kappa shape index (κ3) is 3.80. The van der Waals surface area contributed by atoms with E-state index >= 15 is 0 Å². The predicted molar refractivity (Wildman–Crippen MR) is 76.8 cm³/mol. The molecular weight excluding hydrogens is 238 g/mol. The maximum Gasteiger partial charge on any atom is 0.179 e. The number of carbonyl (C=O) groups excluding carboxylic acids is 1. The second-order valence-corrected chi connectivity index (χ2v) is 5.19. The molecule has 0 amide bonds. The summed E-state index contributed by atoms with van der Waals surface area (Å²) in [5, 5.41) is 3.44. The molecule has 0 aromatic heterocycles. The van der Waals surface area contributed by atoms with Gasteiger partial charge in [0.25, 0.3) is 0 Å². The number of hydrogen-bond donors (Lipinski definition) is 1. The molecule has 0 heterocycles. The lowest BCUT2D eigenvalue weighted by molar-refractivity contribution is 0.0944. The van der Waals surface area contributed by atoms with Crippen LogP contribution >= 0.6 is 0 Å². The Bertz CT molecular complexity index is 407. The highest BCUT2D eigenvalue weighted by molar-refractivity contribution is 5.99. The minimum Gasteiger partial charge on any atom is -0.494 e. The summed E-state index contributed by atoms with van der Waals surface area (Å²) in [6.07, 6.45) is 4.95. The van der Waals surface area contributed by atoms with Gasteiger partial charge in [-0.1, -0.05) is 12.8 Å². The lowest BCUT2D eigenvalue weighted by atomic mass is 10.0. The second-order valence-electron chi connectivity index (χ2n) is 5.19. The zero-order valence-electron chi connectivity index (χ0n) is 11.8. The van der Waals surface area contributed by atoms with Crippen LogP contribution in [0.15, 0.2) is 24.3 Å². The summed E-state index contributed by atoms with van der Waals surface area (Å²) in [7, 11) is 0. The maximum absolute atomic E-state index is 12.3. The van der Waals surface area contributed by atoms with Gasteiger partial charge in [-0.05, 0) is 51.0 Å². The molecule has 1 aliphatic carbocycles. The topological polar surface area (TPSA) is 38.3 Å². The van der Waals surface area contributed by atoms with E-state index < -0.39 is 0 Å². The Hall–Kier alpha value is -1.35. The van der Waals surface area contributed by atoms with E-state index in [1.54, 1.807) is 0 Å². The first-order chi connectivity index (χ1) is 9.20. The highest BCUT2D eigenvalue weighted by Crippen LogP contribution is 2.19. The molecule has 3 heteroatoms. The Morgan fingerprint density at radius 1 is 1.32 bits per heavy atom. The molecule has 3 nitrogen and oxygen atoms in total. The fraction of sp³-hybridized carbons (Fsp3) is 0.562. The van der Waals surface area contributed by atoms with Crippen molar-refractivity contribution in [3.8, 4) is 5.75 Å². The summed E-state index contributed by atoms with van der Waals surface area (Å²) in [5.41, 5.74) is 0.751. The lowest BCUT2D eigenvalue weighted by Crippen LogP contribution is -2.40. The third-order valence-electron chi connectivity index (χ3n) is 3.68. The number of carbonyl (C=O) groups is 1. The van der Waals surface area contributed by atoms with Gasteiger partial charge in [0, 0.05) is 11.6 Å². The number of hydrogen-bond acceptors (Lipinski definition) is 3. The van der Waals surface area contributed by atoms with Gasteiger partial charge >= 0.3 is 0 Å². The smallest absolute Gasteiger partial charge is 0.179 e. The van der Waals surface area contributed by atoms with Crippen LogP contribution in [0.2, 0.25) is 0 Å². The van der Waals surface area contributed by atoms with Gasteiger partial charge in [-0.3, -0.25) is 4.79 Å². The zero-order chi connectivity index (χ0) is 13.7. The van der Waals surface area contributed by atoms with E-state index in [0.717, 1.165) is 11.3 Å². The number of ketones is 1. The molecule has 1 atom stereocenters. The van der Waals surface area contributed by atoms with Crippen LogP contribution in [-0.2, 0) is 0 Å². The molecule has 1 unspecified atom stereocenters. The molecule has 1 saturated carbocycles.